The molecule has 2 aliphatic carbocycles. The SMILES string of the molecule is CN1CC2C3CCCCC3CCC2C1O. The van der Waals surface area contributed by atoms with Gasteiger partial charge in [0.05, 0.1) is 0 Å². The van der Waals surface area contributed by atoms with Crippen LogP contribution in [0.15, 0.2) is 0 Å². The van der Waals surface area contributed by atoms with Crippen molar-refractivity contribution in [3.63, 3.8) is 0 Å². The highest BCUT2D eigenvalue weighted by Gasteiger charge is 2.48. The summed E-state index contributed by atoms with van der Waals surface area (Å²) in [5.41, 5.74) is 0. The quantitative estimate of drug-likeness (QED) is 0.660. The summed E-state index contributed by atoms with van der Waals surface area (Å²) in [5, 5.41) is 10.1. The third-order valence-electron chi connectivity index (χ3n) is 5.27. The van der Waals surface area contributed by atoms with Crippen LogP contribution in [-0.4, -0.2) is 29.8 Å². The van der Waals surface area contributed by atoms with Crippen LogP contribution in [0.2, 0.25) is 0 Å². The maximum Gasteiger partial charge on any atom is 0.110 e. The molecule has 1 heterocycles. The molecule has 1 aliphatic heterocycles. The van der Waals surface area contributed by atoms with Crippen LogP contribution in [0.5, 0.6) is 0 Å². The molecule has 2 heteroatoms. The monoisotopic (exact) mass is 209 g/mol. The van der Waals surface area contributed by atoms with Gasteiger partial charge in [0.2, 0.25) is 0 Å². The Morgan fingerprint density at radius 2 is 1.73 bits per heavy atom. The summed E-state index contributed by atoms with van der Waals surface area (Å²) >= 11 is 0. The average Bonchev–Trinajstić information content (AvgIpc) is 2.56. The van der Waals surface area contributed by atoms with Crippen LogP contribution >= 0.6 is 0 Å². The van der Waals surface area contributed by atoms with E-state index in [-0.39, 0.29) is 6.23 Å². The molecule has 1 saturated heterocycles. The zero-order valence-electron chi connectivity index (χ0n) is 9.73. The van der Waals surface area contributed by atoms with Gasteiger partial charge in [-0.1, -0.05) is 19.3 Å². The number of nitrogens with zero attached hydrogens (tertiary/aromatic N) is 1. The van der Waals surface area contributed by atoms with Gasteiger partial charge in [-0.15, -0.1) is 0 Å². The Morgan fingerprint density at radius 1 is 0.933 bits per heavy atom. The van der Waals surface area contributed by atoms with Gasteiger partial charge in [-0.05, 0) is 44.1 Å². The first kappa shape index (κ1) is 10.1. The Kier molecular flexibility index (Phi) is 2.52. The van der Waals surface area contributed by atoms with Gasteiger partial charge in [-0.3, -0.25) is 4.90 Å². The third kappa shape index (κ3) is 1.53. The number of aliphatic hydroxyl groups excluding tert-OH is 1. The van der Waals surface area contributed by atoms with Gasteiger partial charge >= 0.3 is 0 Å². The zero-order chi connectivity index (χ0) is 10.4. The summed E-state index contributed by atoms with van der Waals surface area (Å²) in [7, 11) is 2.08. The fourth-order valence-corrected chi connectivity index (χ4v) is 4.50. The highest BCUT2D eigenvalue weighted by molar-refractivity contribution is 4.96. The van der Waals surface area contributed by atoms with E-state index in [0.717, 1.165) is 24.3 Å². The highest BCUT2D eigenvalue weighted by atomic mass is 16.3. The van der Waals surface area contributed by atoms with E-state index in [1.165, 1.54) is 38.5 Å². The number of aliphatic hydroxyl groups is 1. The lowest BCUT2D eigenvalue weighted by Gasteiger charge is -2.43. The van der Waals surface area contributed by atoms with Crippen molar-refractivity contribution in [3.8, 4) is 0 Å². The second-order valence-electron chi connectivity index (χ2n) is 5.97. The van der Waals surface area contributed by atoms with Crippen LogP contribution in [0.25, 0.3) is 0 Å². The molecule has 3 aliphatic rings. The van der Waals surface area contributed by atoms with Gasteiger partial charge in [-0.2, -0.15) is 0 Å². The van der Waals surface area contributed by atoms with Crippen molar-refractivity contribution in [1.29, 1.82) is 0 Å². The van der Waals surface area contributed by atoms with Crippen molar-refractivity contribution in [1.82, 2.24) is 4.90 Å². The van der Waals surface area contributed by atoms with Gasteiger partial charge in [0.25, 0.3) is 0 Å². The maximum absolute atomic E-state index is 10.1. The standard InChI is InChI=1S/C13H23NO/c1-14-8-12-10-5-3-2-4-9(10)6-7-11(12)13(14)15/h9-13,15H,2-8H2,1H3. The average molecular weight is 209 g/mol. The number of fused-ring (bicyclic) bond motifs is 3. The van der Waals surface area contributed by atoms with E-state index in [2.05, 4.69) is 11.9 Å². The number of hydrogen-bond donors (Lipinski definition) is 1. The van der Waals surface area contributed by atoms with Crippen LogP contribution < -0.4 is 0 Å². The van der Waals surface area contributed by atoms with Crippen molar-refractivity contribution in [2.24, 2.45) is 23.7 Å². The molecule has 0 amide bonds. The molecule has 5 unspecified atom stereocenters. The molecular weight excluding hydrogens is 186 g/mol. The predicted molar refractivity (Wildman–Crippen MR) is 60.3 cm³/mol. The Labute approximate surface area is 92.7 Å². The summed E-state index contributed by atoms with van der Waals surface area (Å²) in [6.07, 6.45) is 8.31. The summed E-state index contributed by atoms with van der Waals surface area (Å²) in [6.45, 7) is 1.15. The summed E-state index contributed by atoms with van der Waals surface area (Å²) in [4.78, 5) is 2.17. The third-order valence-corrected chi connectivity index (χ3v) is 5.27. The smallest absolute Gasteiger partial charge is 0.110 e. The summed E-state index contributed by atoms with van der Waals surface area (Å²) in [5.74, 6) is 3.34. The second kappa shape index (κ2) is 3.74. The molecule has 0 aromatic carbocycles. The van der Waals surface area contributed by atoms with Crippen LogP contribution in [-0.2, 0) is 0 Å². The second-order valence-corrected chi connectivity index (χ2v) is 5.97. The van der Waals surface area contributed by atoms with Gasteiger partial charge in [-0.25, -0.2) is 0 Å². The van der Waals surface area contributed by atoms with Crippen molar-refractivity contribution < 1.29 is 5.11 Å². The van der Waals surface area contributed by atoms with E-state index in [1.54, 1.807) is 0 Å². The van der Waals surface area contributed by atoms with Crippen LogP contribution in [0, 0.1) is 23.7 Å². The first-order valence-corrected chi connectivity index (χ1v) is 6.65. The van der Waals surface area contributed by atoms with Crippen molar-refractivity contribution in [2.75, 3.05) is 13.6 Å². The van der Waals surface area contributed by atoms with Crippen LogP contribution in [0.1, 0.15) is 38.5 Å². The van der Waals surface area contributed by atoms with E-state index in [0.29, 0.717) is 5.92 Å². The Hall–Kier alpha value is -0.0800. The molecule has 2 saturated carbocycles. The molecule has 0 spiro atoms. The highest BCUT2D eigenvalue weighted by Crippen LogP contribution is 2.50. The fraction of sp³-hybridized carbons (Fsp3) is 1.00. The lowest BCUT2D eigenvalue weighted by Crippen LogP contribution is -2.37. The van der Waals surface area contributed by atoms with Crippen molar-refractivity contribution in [2.45, 2.75) is 44.8 Å². The van der Waals surface area contributed by atoms with E-state index in [9.17, 15) is 5.11 Å². The lowest BCUT2D eigenvalue weighted by atomic mass is 9.62. The predicted octanol–water partition coefficient (Wildman–Crippen LogP) is 2.08. The first-order valence-electron chi connectivity index (χ1n) is 6.65. The minimum atomic E-state index is -0.141. The topological polar surface area (TPSA) is 23.5 Å². The molecule has 0 aromatic rings. The Morgan fingerprint density at radius 3 is 2.60 bits per heavy atom. The molecular formula is C13H23NO. The first-order chi connectivity index (χ1) is 7.27. The lowest BCUT2D eigenvalue weighted by molar-refractivity contribution is -0.00757. The van der Waals surface area contributed by atoms with Crippen LogP contribution in [0.4, 0.5) is 0 Å². The Bertz CT molecular complexity index is 243. The normalized spacial score (nSPS) is 51.2. The minimum absolute atomic E-state index is 0.141. The Balaban J connectivity index is 1.79. The van der Waals surface area contributed by atoms with E-state index >= 15 is 0 Å². The zero-order valence-corrected chi connectivity index (χ0v) is 9.73. The number of rotatable bonds is 0. The van der Waals surface area contributed by atoms with Gasteiger partial charge < -0.3 is 5.11 Å². The minimum Gasteiger partial charge on any atom is -0.378 e. The molecule has 1 N–H and O–H groups in total. The number of likely N-dealkylation sites (tertiary alicyclic amines) is 1. The molecule has 0 aromatic heterocycles. The molecule has 5 atom stereocenters. The molecule has 3 rings (SSSR count). The van der Waals surface area contributed by atoms with E-state index in [1.807, 2.05) is 0 Å². The van der Waals surface area contributed by atoms with Gasteiger partial charge in [0, 0.05) is 12.5 Å². The van der Waals surface area contributed by atoms with Gasteiger partial charge in [0.1, 0.15) is 6.23 Å². The van der Waals surface area contributed by atoms with Crippen LogP contribution in [0.3, 0.4) is 0 Å². The molecule has 3 fully saturated rings. The van der Waals surface area contributed by atoms with Crippen molar-refractivity contribution >= 4 is 0 Å². The van der Waals surface area contributed by atoms with E-state index < -0.39 is 0 Å². The summed E-state index contributed by atoms with van der Waals surface area (Å²) in [6, 6.07) is 0. The molecule has 0 radical (unpaired) electrons. The summed E-state index contributed by atoms with van der Waals surface area (Å²) < 4.78 is 0. The van der Waals surface area contributed by atoms with Gasteiger partial charge in [0.15, 0.2) is 0 Å². The molecule has 86 valence electrons. The molecule has 2 nitrogen and oxygen atoms in total. The van der Waals surface area contributed by atoms with Crippen molar-refractivity contribution in [3.05, 3.63) is 0 Å². The number of hydrogen-bond acceptors (Lipinski definition) is 2. The largest absolute Gasteiger partial charge is 0.378 e. The maximum atomic E-state index is 10.1. The molecule has 15 heavy (non-hydrogen) atoms. The van der Waals surface area contributed by atoms with E-state index in [4.69, 9.17) is 0 Å². The fourth-order valence-electron chi connectivity index (χ4n) is 4.50. The molecule has 0 bridgehead atoms.